The number of para-hydroxylation sites is 2. The van der Waals surface area contributed by atoms with Crippen molar-refractivity contribution in [1.29, 1.82) is 0 Å². The van der Waals surface area contributed by atoms with Crippen molar-refractivity contribution in [3.05, 3.63) is 148 Å². The van der Waals surface area contributed by atoms with Gasteiger partial charge < -0.3 is 8.98 Å². The molecule has 43 heavy (non-hydrogen) atoms. The molecule has 0 fully saturated rings. The quantitative estimate of drug-likeness (QED) is 0.148. The molecule has 2 nitrogen and oxygen atoms in total. The first-order valence-electron chi connectivity index (χ1n) is 13.1. The second-order valence-electron chi connectivity index (χ2n) is 10.3. The fourth-order valence-corrected chi connectivity index (χ4v) is 5.91. The van der Waals surface area contributed by atoms with E-state index in [4.69, 9.17) is 4.42 Å². The molecule has 7 rings (SSSR count). The molecule has 214 valence electrons. The van der Waals surface area contributed by atoms with Gasteiger partial charge in [0.15, 0.2) is 17.2 Å². The zero-order valence-electron chi connectivity index (χ0n) is 22.2. The number of aryl methyl sites for hydroxylation is 1. The molecule has 0 bridgehead atoms. The average molecular weight is 590 g/mol. The summed E-state index contributed by atoms with van der Waals surface area (Å²) in [6.07, 6.45) is 0. The van der Waals surface area contributed by atoms with Gasteiger partial charge in [0.2, 0.25) is 0 Å². The predicted molar refractivity (Wildman–Crippen MR) is 149 cm³/mol. The lowest BCUT2D eigenvalue weighted by Crippen LogP contribution is -2.15. The molecule has 0 aliphatic carbocycles. The van der Waals surface area contributed by atoms with Crippen LogP contribution < -0.4 is 0 Å². The van der Waals surface area contributed by atoms with Crippen LogP contribution in [0.4, 0.5) is 30.7 Å². The zero-order chi connectivity index (χ0) is 30.2. The first-order chi connectivity index (χ1) is 20.6. The maximum absolute atomic E-state index is 16.2. The van der Waals surface area contributed by atoms with Gasteiger partial charge in [-0.05, 0) is 66.6 Å². The first kappa shape index (κ1) is 26.8. The number of rotatable bonds is 4. The van der Waals surface area contributed by atoms with Gasteiger partial charge in [-0.25, -0.2) is 30.7 Å². The van der Waals surface area contributed by atoms with Crippen LogP contribution in [0, 0.1) is 47.6 Å². The summed E-state index contributed by atoms with van der Waals surface area (Å²) in [6.45, 7) is 1.40. The van der Waals surface area contributed by atoms with E-state index in [1.54, 1.807) is 48.5 Å². The van der Waals surface area contributed by atoms with Crippen LogP contribution in [0.1, 0.15) is 28.2 Å². The minimum Gasteiger partial charge on any atom is -0.454 e. The molecular formula is C34H18F7NO. The Labute approximate surface area is 239 Å². The number of halogens is 7. The Hall–Kier alpha value is -5.05. The molecule has 7 aromatic rings. The fourth-order valence-electron chi connectivity index (χ4n) is 5.91. The normalized spacial score (nSPS) is 12.6. The Morgan fingerprint density at radius 2 is 1.14 bits per heavy atom. The highest BCUT2D eigenvalue weighted by molar-refractivity contribution is 6.16. The minimum absolute atomic E-state index is 0.168. The Bertz CT molecular complexity index is 2120. The van der Waals surface area contributed by atoms with Crippen LogP contribution in [-0.4, -0.2) is 4.57 Å². The van der Waals surface area contributed by atoms with Gasteiger partial charge in [0.25, 0.3) is 0 Å². The molecule has 0 saturated carbocycles. The van der Waals surface area contributed by atoms with Crippen molar-refractivity contribution in [3.8, 4) is 5.69 Å². The van der Waals surface area contributed by atoms with E-state index in [9.17, 15) is 4.39 Å². The van der Waals surface area contributed by atoms with Crippen LogP contribution in [0.25, 0.3) is 38.7 Å². The summed E-state index contributed by atoms with van der Waals surface area (Å²) >= 11 is 0. The average Bonchev–Trinajstić information content (AvgIpc) is 3.46. The van der Waals surface area contributed by atoms with Gasteiger partial charge in [-0.1, -0.05) is 24.3 Å². The first-order valence-corrected chi connectivity index (χ1v) is 13.1. The van der Waals surface area contributed by atoms with Crippen molar-refractivity contribution in [2.75, 3.05) is 0 Å². The van der Waals surface area contributed by atoms with Crippen molar-refractivity contribution in [2.45, 2.75) is 12.8 Å². The number of fused-ring (bicyclic) bond motifs is 5. The molecule has 0 radical (unpaired) electrons. The maximum atomic E-state index is 16.2. The molecule has 1 unspecified atom stereocenters. The summed E-state index contributed by atoms with van der Waals surface area (Å²) in [6, 6.07) is 17.8. The lowest BCUT2D eigenvalue weighted by atomic mass is 9.83. The fraction of sp³-hybridized carbons (Fsp3) is 0.0588. The molecule has 0 saturated heterocycles. The molecule has 9 heteroatoms. The summed E-state index contributed by atoms with van der Waals surface area (Å²) in [5.41, 5.74) is -1.02. The van der Waals surface area contributed by atoms with Gasteiger partial charge in [-0.3, -0.25) is 0 Å². The van der Waals surface area contributed by atoms with E-state index in [0.29, 0.717) is 45.1 Å². The highest BCUT2D eigenvalue weighted by Gasteiger charge is 2.32. The summed E-state index contributed by atoms with van der Waals surface area (Å²) in [5, 5.41) is 1.16. The van der Waals surface area contributed by atoms with Crippen LogP contribution in [0.5, 0.6) is 0 Å². The largest absolute Gasteiger partial charge is 0.454 e. The Balaban J connectivity index is 1.53. The van der Waals surface area contributed by atoms with Crippen LogP contribution in [0.2, 0.25) is 0 Å². The molecular weight excluding hydrogens is 571 g/mol. The predicted octanol–water partition coefficient (Wildman–Crippen LogP) is 9.99. The minimum atomic E-state index is -2.00. The number of aromatic nitrogens is 1. The monoisotopic (exact) mass is 589 g/mol. The van der Waals surface area contributed by atoms with Gasteiger partial charge >= 0.3 is 0 Å². The van der Waals surface area contributed by atoms with E-state index >= 15 is 26.3 Å². The van der Waals surface area contributed by atoms with Crippen molar-refractivity contribution in [3.63, 3.8) is 0 Å². The molecule has 0 aliphatic heterocycles. The third-order valence-corrected chi connectivity index (χ3v) is 7.62. The van der Waals surface area contributed by atoms with Crippen molar-refractivity contribution >= 4 is 33.0 Å². The van der Waals surface area contributed by atoms with Gasteiger partial charge in [-0.2, -0.15) is 0 Å². The van der Waals surface area contributed by atoms with E-state index < -0.39 is 69.0 Å². The van der Waals surface area contributed by atoms with E-state index in [-0.39, 0.29) is 5.56 Å². The highest BCUT2D eigenvalue weighted by atomic mass is 19.2. The van der Waals surface area contributed by atoms with Gasteiger partial charge in [0, 0.05) is 39.9 Å². The highest BCUT2D eigenvalue weighted by Crippen LogP contribution is 2.43. The van der Waals surface area contributed by atoms with Crippen LogP contribution in [0.15, 0.2) is 89.3 Å². The second-order valence-corrected chi connectivity index (χ2v) is 10.3. The molecule has 0 amide bonds. The number of benzene rings is 5. The summed E-state index contributed by atoms with van der Waals surface area (Å²) in [4.78, 5) is 0. The Kier molecular flexibility index (Phi) is 6.09. The van der Waals surface area contributed by atoms with Crippen LogP contribution in [-0.2, 0) is 0 Å². The van der Waals surface area contributed by atoms with Gasteiger partial charge in [0.1, 0.15) is 45.9 Å². The molecule has 5 aromatic carbocycles. The van der Waals surface area contributed by atoms with E-state index in [0.717, 1.165) is 24.3 Å². The van der Waals surface area contributed by atoms with Gasteiger partial charge in [0.05, 0.1) is 5.52 Å². The molecule has 0 aliphatic rings. The topological polar surface area (TPSA) is 18.1 Å². The van der Waals surface area contributed by atoms with Gasteiger partial charge in [-0.15, -0.1) is 0 Å². The third kappa shape index (κ3) is 4.10. The lowest BCUT2D eigenvalue weighted by molar-refractivity contribution is 0.503. The number of hydrogen-bond donors (Lipinski definition) is 0. The summed E-state index contributed by atoms with van der Waals surface area (Å²) in [7, 11) is 0. The summed E-state index contributed by atoms with van der Waals surface area (Å²) < 4.78 is 114. The lowest BCUT2D eigenvalue weighted by Gasteiger charge is -2.23. The van der Waals surface area contributed by atoms with Crippen molar-refractivity contribution in [1.82, 2.24) is 4.57 Å². The molecule has 2 heterocycles. The third-order valence-electron chi connectivity index (χ3n) is 7.62. The molecule has 1 atom stereocenters. The van der Waals surface area contributed by atoms with Crippen LogP contribution in [0.3, 0.4) is 0 Å². The van der Waals surface area contributed by atoms with Crippen molar-refractivity contribution < 1.29 is 35.2 Å². The standard InChI is InChI=1S/C34H18F7NO/c1-16-10-21(36)30(22(37)11-16)29(31-23(38)14-18(35)15-24(31)39)17-12-25(40)33(26(41)13-17)42-27-8-4-2-6-19(27)34-32(42)20-7-3-5-9-28(20)43-34/h2-15,29H,1H3. The van der Waals surface area contributed by atoms with E-state index in [1.807, 2.05) is 0 Å². The number of nitrogens with zero attached hydrogens (tertiary/aromatic N) is 1. The van der Waals surface area contributed by atoms with E-state index in [1.165, 1.54) is 11.5 Å². The molecule has 2 aromatic heterocycles. The number of furan rings is 1. The molecule has 0 spiro atoms. The smallest absolute Gasteiger partial charge is 0.161 e. The maximum Gasteiger partial charge on any atom is 0.161 e. The second kappa shape index (κ2) is 9.76. The van der Waals surface area contributed by atoms with Crippen LogP contribution >= 0.6 is 0 Å². The molecule has 0 N–H and O–H groups in total. The number of hydrogen-bond acceptors (Lipinski definition) is 1. The summed E-state index contributed by atoms with van der Waals surface area (Å²) in [5.74, 6) is -11.0. The zero-order valence-corrected chi connectivity index (χ0v) is 22.2. The SMILES string of the molecule is Cc1cc(F)c(C(c2cc(F)c(-n3c4ccccc4c4oc5ccccc5c43)c(F)c2)c2c(F)cc(F)cc2F)c(F)c1. The van der Waals surface area contributed by atoms with E-state index in [2.05, 4.69) is 0 Å². The Morgan fingerprint density at radius 3 is 1.77 bits per heavy atom. The van der Waals surface area contributed by atoms with Crippen molar-refractivity contribution in [2.24, 2.45) is 0 Å². The Morgan fingerprint density at radius 1 is 0.605 bits per heavy atom.